The molecule has 2 rings (SSSR count). The predicted octanol–water partition coefficient (Wildman–Crippen LogP) is 8.07. The number of carbonyl (C=O) groups is 1. The number of hydrogen-bond acceptors (Lipinski definition) is 5. The third-order valence-corrected chi connectivity index (χ3v) is 13.9. The van der Waals surface area contributed by atoms with Crippen molar-refractivity contribution in [1.82, 2.24) is 0 Å². The number of carboxylic acid groups (broad SMARTS) is 1. The van der Waals surface area contributed by atoms with Crippen molar-refractivity contribution in [1.29, 1.82) is 0 Å². The number of hydrogen-bond donors (Lipinski definition) is 2. The maximum absolute atomic E-state index is 11.1. The molecular formula is C31H60O6Si. The number of ether oxygens (including phenoxy) is 2. The second-order valence-corrected chi connectivity index (χ2v) is 18.3. The normalized spacial score (nSPS) is 27.5. The Morgan fingerprint density at radius 1 is 1.00 bits per heavy atom. The van der Waals surface area contributed by atoms with Gasteiger partial charge in [-0.05, 0) is 81.3 Å². The summed E-state index contributed by atoms with van der Waals surface area (Å²) >= 11 is 0. The summed E-state index contributed by atoms with van der Waals surface area (Å²) in [7, 11) is -1.87. The molecule has 7 heteroatoms. The first-order chi connectivity index (χ1) is 17.9. The topological polar surface area (TPSA) is 85.2 Å². The molecule has 0 bridgehead atoms. The summed E-state index contributed by atoms with van der Waals surface area (Å²) < 4.78 is 19.4. The Kier molecular flexibility index (Phi) is 14.8. The van der Waals surface area contributed by atoms with Crippen molar-refractivity contribution in [2.75, 3.05) is 6.61 Å². The van der Waals surface area contributed by atoms with Crippen LogP contribution in [0.4, 0.5) is 0 Å². The summed E-state index contributed by atoms with van der Waals surface area (Å²) in [6, 6.07) is 0. The van der Waals surface area contributed by atoms with Crippen LogP contribution < -0.4 is 0 Å². The molecule has 0 amide bonds. The van der Waals surface area contributed by atoms with Gasteiger partial charge in [0.05, 0.1) is 12.2 Å². The molecule has 6 nitrogen and oxygen atoms in total. The third-order valence-electron chi connectivity index (χ3n) is 9.36. The van der Waals surface area contributed by atoms with Gasteiger partial charge in [0.1, 0.15) is 0 Å². The highest BCUT2D eigenvalue weighted by molar-refractivity contribution is 6.74. The zero-order chi connectivity index (χ0) is 28.2. The van der Waals surface area contributed by atoms with Crippen LogP contribution in [0.1, 0.15) is 130 Å². The van der Waals surface area contributed by atoms with Gasteiger partial charge in [-0.3, -0.25) is 4.79 Å². The molecule has 0 aromatic carbocycles. The molecule has 224 valence electrons. The molecule has 2 aliphatic rings. The Bertz CT molecular complexity index is 657. The Balaban J connectivity index is 2.06. The van der Waals surface area contributed by atoms with Crippen LogP contribution in [0.5, 0.6) is 0 Å². The second kappa shape index (κ2) is 16.7. The number of unbranched alkanes of at least 4 members (excludes halogenated alkanes) is 5. The van der Waals surface area contributed by atoms with Gasteiger partial charge in [0.2, 0.25) is 0 Å². The molecule has 1 aliphatic heterocycles. The minimum Gasteiger partial charge on any atom is -0.481 e. The molecule has 1 saturated carbocycles. The van der Waals surface area contributed by atoms with Crippen molar-refractivity contribution in [3.8, 4) is 0 Å². The summed E-state index contributed by atoms with van der Waals surface area (Å²) in [6.07, 6.45) is 15.5. The highest BCUT2D eigenvalue weighted by Crippen LogP contribution is 2.43. The molecule has 0 aromatic heterocycles. The van der Waals surface area contributed by atoms with E-state index in [-0.39, 0.29) is 42.0 Å². The van der Waals surface area contributed by atoms with Crippen LogP contribution >= 0.6 is 0 Å². The molecule has 0 radical (unpaired) electrons. The van der Waals surface area contributed by atoms with E-state index in [1.54, 1.807) is 0 Å². The number of aliphatic hydroxyl groups is 1. The largest absolute Gasteiger partial charge is 0.481 e. The Morgan fingerprint density at radius 2 is 1.74 bits per heavy atom. The minimum absolute atomic E-state index is 0.0364. The average molecular weight is 557 g/mol. The Labute approximate surface area is 234 Å². The Morgan fingerprint density at radius 3 is 2.37 bits per heavy atom. The van der Waals surface area contributed by atoms with Crippen LogP contribution in [0.2, 0.25) is 18.1 Å². The minimum atomic E-state index is -1.87. The molecule has 1 heterocycles. The van der Waals surface area contributed by atoms with Crippen molar-refractivity contribution in [2.45, 2.75) is 173 Å². The molecule has 2 N–H and O–H groups in total. The number of rotatable bonds is 18. The van der Waals surface area contributed by atoms with Gasteiger partial charge in [-0.15, -0.1) is 0 Å². The summed E-state index contributed by atoms with van der Waals surface area (Å²) in [6.45, 7) is 14.7. The monoisotopic (exact) mass is 556 g/mol. The molecule has 2 fully saturated rings. The summed E-state index contributed by atoms with van der Waals surface area (Å²) in [4.78, 5) is 10.8. The van der Waals surface area contributed by atoms with Gasteiger partial charge < -0.3 is 24.1 Å². The summed E-state index contributed by atoms with van der Waals surface area (Å²) in [5.41, 5.74) is 0. The van der Waals surface area contributed by atoms with Crippen LogP contribution in [0.3, 0.4) is 0 Å². The first-order valence-corrected chi connectivity index (χ1v) is 18.7. The van der Waals surface area contributed by atoms with Gasteiger partial charge in [0, 0.05) is 25.6 Å². The van der Waals surface area contributed by atoms with Gasteiger partial charge in [0.15, 0.2) is 14.6 Å². The number of aliphatic hydroxyl groups excluding tert-OH is 1. The first kappa shape index (κ1) is 33.7. The van der Waals surface area contributed by atoms with E-state index in [0.717, 1.165) is 77.2 Å². The lowest BCUT2D eigenvalue weighted by Crippen LogP contribution is -2.44. The lowest BCUT2D eigenvalue weighted by molar-refractivity contribution is -0.196. The predicted molar refractivity (Wildman–Crippen MR) is 157 cm³/mol. The van der Waals surface area contributed by atoms with Crippen molar-refractivity contribution >= 4 is 14.3 Å². The zero-order valence-electron chi connectivity index (χ0n) is 25.5. The van der Waals surface area contributed by atoms with Crippen LogP contribution in [0, 0.1) is 11.8 Å². The van der Waals surface area contributed by atoms with E-state index in [0.29, 0.717) is 12.3 Å². The van der Waals surface area contributed by atoms with Crippen LogP contribution in [-0.4, -0.2) is 55.7 Å². The van der Waals surface area contributed by atoms with Crippen molar-refractivity contribution in [2.24, 2.45) is 11.8 Å². The quantitative estimate of drug-likeness (QED) is 0.131. The molecule has 1 aliphatic carbocycles. The zero-order valence-corrected chi connectivity index (χ0v) is 26.5. The van der Waals surface area contributed by atoms with E-state index in [2.05, 4.69) is 40.8 Å². The van der Waals surface area contributed by atoms with Crippen LogP contribution in [0.15, 0.2) is 0 Å². The van der Waals surface area contributed by atoms with Crippen molar-refractivity contribution in [3.05, 3.63) is 0 Å². The number of carboxylic acids is 1. The average Bonchev–Trinajstić information content (AvgIpc) is 3.12. The van der Waals surface area contributed by atoms with Gasteiger partial charge in [-0.2, -0.15) is 0 Å². The molecule has 0 aromatic rings. The Hall–Kier alpha value is -0.473. The van der Waals surface area contributed by atoms with E-state index in [4.69, 9.17) is 19.0 Å². The summed E-state index contributed by atoms with van der Waals surface area (Å²) in [5.74, 6) is -0.173. The SMILES string of the molecule is CCCCC[C@H](CC[C@H]1C(OC2CCCCO2)C[C@H](O)[C@@H]1CCCCCCC(=O)O)O[Si](C)(C)C(C)(C)C. The fraction of sp³-hybridized carbons (Fsp3) is 0.968. The highest BCUT2D eigenvalue weighted by Gasteiger charge is 2.44. The first-order valence-electron chi connectivity index (χ1n) is 15.8. The van der Waals surface area contributed by atoms with Gasteiger partial charge >= 0.3 is 5.97 Å². The van der Waals surface area contributed by atoms with Gasteiger partial charge in [0.25, 0.3) is 0 Å². The second-order valence-electron chi connectivity index (χ2n) is 13.5. The molecule has 2 unspecified atom stereocenters. The lowest BCUT2D eigenvalue weighted by Gasteiger charge is -2.40. The van der Waals surface area contributed by atoms with Crippen LogP contribution in [-0.2, 0) is 18.7 Å². The van der Waals surface area contributed by atoms with E-state index in [1.807, 2.05) is 0 Å². The van der Waals surface area contributed by atoms with E-state index >= 15 is 0 Å². The molecule has 1 saturated heterocycles. The van der Waals surface area contributed by atoms with E-state index in [9.17, 15) is 9.90 Å². The van der Waals surface area contributed by atoms with Gasteiger partial charge in [-0.25, -0.2) is 0 Å². The fourth-order valence-electron chi connectivity index (χ4n) is 5.99. The van der Waals surface area contributed by atoms with Crippen molar-refractivity contribution < 1.29 is 28.9 Å². The molecule has 6 atom stereocenters. The highest BCUT2D eigenvalue weighted by atomic mass is 28.4. The molecule has 38 heavy (non-hydrogen) atoms. The van der Waals surface area contributed by atoms with E-state index < -0.39 is 14.3 Å². The fourth-order valence-corrected chi connectivity index (χ4v) is 7.41. The lowest BCUT2D eigenvalue weighted by atomic mass is 9.84. The van der Waals surface area contributed by atoms with Gasteiger partial charge in [-0.1, -0.05) is 66.2 Å². The number of aliphatic carboxylic acids is 1. The van der Waals surface area contributed by atoms with Crippen molar-refractivity contribution in [3.63, 3.8) is 0 Å². The molecular weight excluding hydrogens is 496 g/mol. The maximum Gasteiger partial charge on any atom is 0.303 e. The standard InChI is InChI=1S/C31H60O6Si/c1-7-8-11-16-24(37-38(5,6)31(2,3)4)20-21-26-25(17-12-9-10-13-18-29(33)34)27(32)23-28(26)36-30-19-14-15-22-35-30/h24-28,30,32H,7-23H2,1-6H3,(H,33,34)/t24-,25-,26-,27+,28?,30?/m1/s1. The smallest absolute Gasteiger partial charge is 0.303 e. The summed E-state index contributed by atoms with van der Waals surface area (Å²) in [5, 5.41) is 20.2. The third kappa shape index (κ3) is 11.6. The van der Waals surface area contributed by atoms with Crippen LogP contribution in [0.25, 0.3) is 0 Å². The van der Waals surface area contributed by atoms with E-state index in [1.165, 1.54) is 19.3 Å². The maximum atomic E-state index is 11.1. The molecule has 0 spiro atoms.